The van der Waals surface area contributed by atoms with E-state index in [-0.39, 0.29) is 5.91 Å². The molecule has 1 aliphatic rings. The van der Waals surface area contributed by atoms with Crippen LogP contribution in [0.25, 0.3) is 6.08 Å². The molecule has 3 aromatic rings. The van der Waals surface area contributed by atoms with Gasteiger partial charge in [-0.15, -0.1) is 11.3 Å². The molecule has 0 radical (unpaired) electrons. The molecule has 0 unspecified atom stereocenters. The molecule has 172 valence electrons. The fourth-order valence-electron chi connectivity index (χ4n) is 4.04. The van der Waals surface area contributed by atoms with Gasteiger partial charge in [-0.3, -0.25) is 19.5 Å². The lowest BCUT2D eigenvalue weighted by Gasteiger charge is -2.33. The molecule has 2 heterocycles. The van der Waals surface area contributed by atoms with Gasteiger partial charge in [0, 0.05) is 51.6 Å². The lowest BCUT2D eigenvalue weighted by atomic mass is 10.1. The Morgan fingerprint density at radius 3 is 2.39 bits per heavy atom. The molecule has 4 rings (SSSR count). The molecule has 2 aromatic carbocycles. The number of benzene rings is 2. The Hall–Kier alpha value is -2.80. The third-order valence-electron chi connectivity index (χ3n) is 5.97. The predicted octanol–water partition coefficient (Wildman–Crippen LogP) is 5.22. The van der Waals surface area contributed by atoms with Crippen molar-refractivity contribution in [1.82, 2.24) is 14.8 Å². The van der Waals surface area contributed by atoms with Crippen LogP contribution in [0.2, 0.25) is 0 Å². The second-order valence-corrected chi connectivity index (χ2v) is 9.22. The third kappa shape index (κ3) is 6.38. The van der Waals surface area contributed by atoms with Crippen LogP contribution in [-0.4, -0.2) is 53.4 Å². The van der Waals surface area contributed by atoms with Gasteiger partial charge >= 0.3 is 0 Å². The summed E-state index contributed by atoms with van der Waals surface area (Å²) < 4.78 is 0. The smallest absolute Gasteiger partial charge is 0.230 e. The summed E-state index contributed by atoms with van der Waals surface area (Å²) in [6, 6.07) is 18.6. The van der Waals surface area contributed by atoms with E-state index in [0.29, 0.717) is 0 Å². The Balaban J connectivity index is 1.30. The van der Waals surface area contributed by atoms with E-state index in [0.717, 1.165) is 62.2 Å². The average Bonchev–Trinajstić information content (AvgIpc) is 3.29. The number of rotatable bonds is 8. The molecular weight excluding hydrogens is 428 g/mol. The summed E-state index contributed by atoms with van der Waals surface area (Å²) in [5, 5.41) is 2.83. The highest BCUT2D eigenvalue weighted by molar-refractivity contribution is 7.14. The largest absolute Gasteiger partial charge is 0.297 e. The van der Waals surface area contributed by atoms with Crippen molar-refractivity contribution < 1.29 is 4.79 Å². The number of aryl methyl sites for hydroxylation is 1. The van der Waals surface area contributed by atoms with E-state index in [1.807, 2.05) is 18.2 Å². The summed E-state index contributed by atoms with van der Waals surface area (Å²) >= 11 is 1.54. The summed E-state index contributed by atoms with van der Waals surface area (Å²) in [5.41, 5.74) is 4.41. The number of piperazine rings is 1. The van der Waals surface area contributed by atoms with Gasteiger partial charge in [0.1, 0.15) is 0 Å². The van der Waals surface area contributed by atoms with E-state index in [2.05, 4.69) is 70.7 Å². The monoisotopic (exact) mass is 460 g/mol. The molecule has 33 heavy (non-hydrogen) atoms. The Labute approximate surface area is 201 Å². The first-order chi connectivity index (χ1) is 16.1. The molecule has 0 saturated carbocycles. The number of thiazole rings is 1. The van der Waals surface area contributed by atoms with Crippen LogP contribution in [0.1, 0.15) is 30.7 Å². The molecule has 6 heteroatoms. The highest BCUT2D eigenvalue weighted by atomic mass is 32.1. The molecule has 1 amide bonds. The van der Waals surface area contributed by atoms with Crippen LogP contribution in [0.5, 0.6) is 0 Å². The number of carbonyl (C=O) groups excluding carboxylic acids is 1. The molecule has 5 nitrogen and oxygen atoms in total. The fourth-order valence-corrected chi connectivity index (χ4v) is 4.92. The summed E-state index contributed by atoms with van der Waals surface area (Å²) in [7, 11) is 0. The van der Waals surface area contributed by atoms with Crippen molar-refractivity contribution in [3.8, 4) is 0 Å². The molecule has 1 saturated heterocycles. The van der Waals surface area contributed by atoms with Crippen LogP contribution in [0, 0.1) is 0 Å². The summed E-state index contributed by atoms with van der Waals surface area (Å²) in [6.45, 7) is 9.70. The predicted molar refractivity (Wildman–Crippen MR) is 138 cm³/mol. The average molecular weight is 461 g/mol. The first kappa shape index (κ1) is 23.4. The van der Waals surface area contributed by atoms with Gasteiger partial charge in [-0.05, 0) is 29.7 Å². The van der Waals surface area contributed by atoms with E-state index < -0.39 is 0 Å². The SMILES string of the molecule is CCc1ccc(N(C(C)=O)c2nc(CN3CCN(C/C=C/c4ccccc4)CC3)cs2)cc1. The topological polar surface area (TPSA) is 39.7 Å². The first-order valence-electron chi connectivity index (χ1n) is 11.6. The van der Waals surface area contributed by atoms with E-state index in [9.17, 15) is 4.79 Å². The Morgan fingerprint density at radius 2 is 1.73 bits per heavy atom. The second kappa shape index (κ2) is 11.4. The maximum Gasteiger partial charge on any atom is 0.230 e. The number of hydrogen-bond acceptors (Lipinski definition) is 5. The Morgan fingerprint density at radius 1 is 1.03 bits per heavy atom. The van der Waals surface area contributed by atoms with E-state index in [1.54, 1.807) is 11.8 Å². The third-order valence-corrected chi connectivity index (χ3v) is 6.85. The van der Waals surface area contributed by atoms with Crippen LogP contribution < -0.4 is 4.90 Å². The second-order valence-electron chi connectivity index (χ2n) is 8.39. The van der Waals surface area contributed by atoms with Crippen molar-refractivity contribution in [1.29, 1.82) is 0 Å². The molecule has 0 spiro atoms. The minimum Gasteiger partial charge on any atom is -0.297 e. The van der Waals surface area contributed by atoms with Gasteiger partial charge in [0.05, 0.1) is 11.4 Å². The summed E-state index contributed by atoms with van der Waals surface area (Å²) in [5.74, 6) is -0.0164. The van der Waals surface area contributed by atoms with Crippen molar-refractivity contribution in [3.05, 3.63) is 82.9 Å². The molecule has 1 aliphatic heterocycles. The van der Waals surface area contributed by atoms with Crippen molar-refractivity contribution in [2.75, 3.05) is 37.6 Å². The molecular formula is C27H32N4OS. The van der Waals surface area contributed by atoms with Gasteiger partial charge in [0.2, 0.25) is 5.91 Å². The lowest BCUT2D eigenvalue weighted by Crippen LogP contribution is -2.45. The maximum absolute atomic E-state index is 12.4. The van der Waals surface area contributed by atoms with E-state index in [4.69, 9.17) is 4.98 Å². The number of amides is 1. The molecule has 0 atom stereocenters. The van der Waals surface area contributed by atoms with Gasteiger partial charge in [0.25, 0.3) is 0 Å². The van der Waals surface area contributed by atoms with Crippen LogP contribution in [0.15, 0.2) is 66.1 Å². The van der Waals surface area contributed by atoms with Gasteiger partial charge in [-0.25, -0.2) is 4.98 Å². The zero-order chi connectivity index (χ0) is 23.0. The van der Waals surface area contributed by atoms with Gasteiger partial charge in [0.15, 0.2) is 5.13 Å². The molecule has 0 bridgehead atoms. The van der Waals surface area contributed by atoms with Crippen molar-refractivity contribution in [3.63, 3.8) is 0 Å². The van der Waals surface area contributed by atoms with Gasteiger partial charge in [-0.2, -0.15) is 0 Å². The van der Waals surface area contributed by atoms with Crippen molar-refractivity contribution >= 4 is 34.1 Å². The zero-order valence-corrected chi connectivity index (χ0v) is 20.3. The van der Waals surface area contributed by atoms with Crippen molar-refractivity contribution in [2.24, 2.45) is 0 Å². The minimum absolute atomic E-state index is 0.0164. The first-order valence-corrected chi connectivity index (χ1v) is 12.5. The molecule has 0 aliphatic carbocycles. The normalized spacial score (nSPS) is 15.2. The van der Waals surface area contributed by atoms with E-state index >= 15 is 0 Å². The molecule has 0 N–H and O–H groups in total. The van der Waals surface area contributed by atoms with Crippen LogP contribution in [0.4, 0.5) is 10.8 Å². The fraction of sp³-hybridized carbons (Fsp3) is 0.333. The highest BCUT2D eigenvalue weighted by Gasteiger charge is 2.20. The molecule has 1 aromatic heterocycles. The zero-order valence-electron chi connectivity index (χ0n) is 19.5. The van der Waals surface area contributed by atoms with E-state index in [1.165, 1.54) is 22.5 Å². The Bertz CT molecular complexity index is 1050. The summed E-state index contributed by atoms with van der Waals surface area (Å²) in [4.78, 5) is 23.8. The summed E-state index contributed by atoms with van der Waals surface area (Å²) in [6.07, 6.45) is 5.43. The van der Waals surface area contributed by atoms with Gasteiger partial charge < -0.3 is 0 Å². The van der Waals surface area contributed by atoms with Crippen LogP contribution >= 0.6 is 11.3 Å². The number of nitrogens with zero attached hydrogens (tertiary/aromatic N) is 4. The number of anilines is 2. The van der Waals surface area contributed by atoms with Crippen molar-refractivity contribution in [2.45, 2.75) is 26.8 Å². The van der Waals surface area contributed by atoms with Crippen LogP contribution in [-0.2, 0) is 17.8 Å². The number of hydrogen-bond donors (Lipinski definition) is 0. The van der Waals surface area contributed by atoms with Gasteiger partial charge in [-0.1, -0.05) is 61.5 Å². The number of carbonyl (C=O) groups is 1. The van der Waals surface area contributed by atoms with Crippen LogP contribution in [0.3, 0.4) is 0 Å². The lowest BCUT2D eigenvalue weighted by molar-refractivity contribution is -0.115. The number of aromatic nitrogens is 1. The minimum atomic E-state index is -0.0164. The standard InChI is InChI=1S/C27H32N4OS/c1-3-23-11-13-26(14-12-23)31(22(2)32)27-28-25(21-33-27)20-30-18-16-29(17-19-30)15-7-10-24-8-5-4-6-9-24/h4-14,21H,3,15-20H2,1-2H3/b10-7+. The quantitative estimate of drug-likeness (QED) is 0.462. The Kier molecular flexibility index (Phi) is 8.05. The molecule has 1 fully saturated rings. The maximum atomic E-state index is 12.4. The highest BCUT2D eigenvalue weighted by Crippen LogP contribution is 2.29.